The first-order valence-corrected chi connectivity index (χ1v) is 6.81. The Hall–Kier alpha value is -0.580. The number of likely N-dealkylation sites (N-methyl/N-ethyl adjacent to an activating group) is 1. The molecule has 1 aromatic carbocycles. The molecule has 0 aliphatic carbocycles. The monoisotopic (exact) mass is 297 g/mol. The summed E-state index contributed by atoms with van der Waals surface area (Å²) in [5, 5.41) is 0. The molecule has 0 aromatic heterocycles. The van der Waals surface area contributed by atoms with Crippen LogP contribution in [0.25, 0.3) is 0 Å². The summed E-state index contributed by atoms with van der Waals surface area (Å²) in [7, 11) is 4.30. The van der Waals surface area contributed by atoms with Crippen LogP contribution in [-0.4, -0.2) is 38.1 Å². The largest absolute Gasteiger partial charge is 0.370 e. The van der Waals surface area contributed by atoms with E-state index < -0.39 is 0 Å². The molecule has 1 fully saturated rings. The third-order valence-electron chi connectivity index (χ3n) is 3.53. The van der Waals surface area contributed by atoms with Crippen LogP contribution in [0.5, 0.6) is 0 Å². The average molecular weight is 298 g/mol. The first kappa shape index (κ1) is 12.9. The quantitative estimate of drug-likeness (QED) is 0.927. The third-order valence-corrected chi connectivity index (χ3v) is 4.28. The lowest BCUT2D eigenvalue weighted by molar-refractivity contribution is 0.315. The third kappa shape index (κ3) is 2.64. The van der Waals surface area contributed by atoms with E-state index in [1.807, 2.05) is 0 Å². The van der Waals surface area contributed by atoms with Gasteiger partial charge < -0.3 is 15.5 Å². The van der Waals surface area contributed by atoms with Crippen molar-refractivity contribution in [3.8, 4) is 0 Å². The van der Waals surface area contributed by atoms with Crippen molar-refractivity contribution in [1.29, 1.82) is 0 Å². The van der Waals surface area contributed by atoms with E-state index in [2.05, 4.69) is 58.0 Å². The Morgan fingerprint density at radius 2 is 2.24 bits per heavy atom. The number of anilines is 1. The van der Waals surface area contributed by atoms with E-state index >= 15 is 0 Å². The van der Waals surface area contributed by atoms with Gasteiger partial charge >= 0.3 is 0 Å². The van der Waals surface area contributed by atoms with E-state index in [1.54, 1.807) is 0 Å². The molecular weight excluding hydrogens is 278 g/mol. The molecule has 1 aromatic rings. The van der Waals surface area contributed by atoms with Crippen LogP contribution in [0, 0.1) is 0 Å². The molecule has 1 heterocycles. The smallest absolute Gasteiger partial charge is 0.0423 e. The fraction of sp³-hybridized carbons (Fsp3) is 0.538. The van der Waals surface area contributed by atoms with Crippen molar-refractivity contribution in [3.63, 3.8) is 0 Å². The summed E-state index contributed by atoms with van der Waals surface area (Å²) in [4.78, 5) is 4.75. The van der Waals surface area contributed by atoms with E-state index in [4.69, 9.17) is 5.73 Å². The van der Waals surface area contributed by atoms with Gasteiger partial charge in [0, 0.05) is 41.4 Å². The number of rotatable bonds is 3. The van der Waals surface area contributed by atoms with E-state index in [0.717, 1.165) is 17.6 Å². The number of nitrogens with zero attached hydrogens (tertiary/aromatic N) is 2. The van der Waals surface area contributed by atoms with Gasteiger partial charge in [0.05, 0.1) is 0 Å². The summed E-state index contributed by atoms with van der Waals surface area (Å²) < 4.78 is 1.12. The lowest BCUT2D eigenvalue weighted by atomic mass is 10.1. The second-order valence-corrected chi connectivity index (χ2v) is 5.65. The van der Waals surface area contributed by atoms with E-state index in [0.29, 0.717) is 12.6 Å². The van der Waals surface area contributed by atoms with Crippen molar-refractivity contribution in [2.24, 2.45) is 5.73 Å². The van der Waals surface area contributed by atoms with Gasteiger partial charge in [0.1, 0.15) is 0 Å². The van der Waals surface area contributed by atoms with Crippen LogP contribution in [0.15, 0.2) is 22.7 Å². The second kappa shape index (κ2) is 5.38. The summed E-state index contributed by atoms with van der Waals surface area (Å²) in [5.74, 6) is 0. The summed E-state index contributed by atoms with van der Waals surface area (Å²) in [6, 6.07) is 6.97. The van der Waals surface area contributed by atoms with Gasteiger partial charge in [0.2, 0.25) is 0 Å². The fourth-order valence-corrected chi connectivity index (χ4v) is 2.95. The molecule has 3 nitrogen and oxygen atoms in total. The van der Waals surface area contributed by atoms with Crippen molar-refractivity contribution in [2.75, 3.05) is 32.1 Å². The Bertz CT molecular complexity index is 392. The maximum atomic E-state index is 5.85. The molecule has 17 heavy (non-hydrogen) atoms. The minimum absolute atomic E-state index is 0.583. The number of benzene rings is 1. The molecule has 94 valence electrons. The Labute approximate surface area is 112 Å². The lowest BCUT2D eigenvalue weighted by Crippen LogP contribution is -2.31. The number of nitrogens with two attached hydrogens (primary N) is 1. The van der Waals surface area contributed by atoms with E-state index in [1.165, 1.54) is 17.7 Å². The molecule has 0 bridgehead atoms. The van der Waals surface area contributed by atoms with Crippen molar-refractivity contribution >= 4 is 21.6 Å². The number of halogens is 1. The Kier molecular flexibility index (Phi) is 4.07. The highest BCUT2D eigenvalue weighted by Gasteiger charge is 2.25. The fourth-order valence-electron chi connectivity index (χ4n) is 2.43. The Morgan fingerprint density at radius 3 is 2.82 bits per heavy atom. The highest BCUT2D eigenvalue weighted by atomic mass is 79.9. The van der Waals surface area contributed by atoms with E-state index in [-0.39, 0.29) is 0 Å². The second-order valence-electron chi connectivity index (χ2n) is 4.79. The van der Waals surface area contributed by atoms with Gasteiger partial charge in [-0.05, 0) is 32.6 Å². The molecule has 1 aliphatic heterocycles. The first-order chi connectivity index (χ1) is 8.13. The molecule has 1 aliphatic rings. The standard InChI is InChI=1S/C13H20BrN3/c1-16(2)10-6-7-17(9-10)13-5-3-4-12(14)11(13)8-15/h3-5,10H,6-9,15H2,1-2H3. The molecule has 0 saturated carbocycles. The summed E-state index contributed by atoms with van der Waals surface area (Å²) in [6.07, 6.45) is 1.23. The molecular formula is C13H20BrN3. The average Bonchev–Trinajstić information content (AvgIpc) is 2.77. The van der Waals surface area contributed by atoms with Crippen LogP contribution in [0.1, 0.15) is 12.0 Å². The molecule has 4 heteroatoms. The summed E-state index contributed by atoms with van der Waals surface area (Å²) in [6.45, 7) is 2.79. The van der Waals surface area contributed by atoms with Crippen LogP contribution in [0.3, 0.4) is 0 Å². The Balaban J connectivity index is 2.21. The van der Waals surface area contributed by atoms with Crippen molar-refractivity contribution in [2.45, 2.75) is 19.0 Å². The van der Waals surface area contributed by atoms with Crippen LogP contribution in [0.2, 0.25) is 0 Å². The topological polar surface area (TPSA) is 32.5 Å². The van der Waals surface area contributed by atoms with Crippen LogP contribution < -0.4 is 10.6 Å². The van der Waals surface area contributed by atoms with Crippen LogP contribution >= 0.6 is 15.9 Å². The summed E-state index contributed by atoms with van der Waals surface area (Å²) >= 11 is 3.58. The normalized spacial score (nSPS) is 20.3. The van der Waals surface area contributed by atoms with Gasteiger partial charge in [0.25, 0.3) is 0 Å². The SMILES string of the molecule is CN(C)C1CCN(c2cccc(Br)c2CN)C1. The molecule has 1 saturated heterocycles. The maximum absolute atomic E-state index is 5.85. The molecule has 0 radical (unpaired) electrons. The van der Waals surface area contributed by atoms with Gasteiger partial charge in [0.15, 0.2) is 0 Å². The molecule has 2 N–H and O–H groups in total. The van der Waals surface area contributed by atoms with E-state index in [9.17, 15) is 0 Å². The predicted molar refractivity (Wildman–Crippen MR) is 76.3 cm³/mol. The van der Waals surface area contributed by atoms with Gasteiger partial charge in [-0.1, -0.05) is 22.0 Å². The maximum Gasteiger partial charge on any atom is 0.0423 e. The van der Waals surface area contributed by atoms with Crippen molar-refractivity contribution in [1.82, 2.24) is 4.90 Å². The molecule has 1 unspecified atom stereocenters. The van der Waals surface area contributed by atoms with Crippen LogP contribution in [-0.2, 0) is 6.54 Å². The number of hydrogen-bond acceptors (Lipinski definition) is 3. The van der Waals surface area contributed by atoms with Gasteiger partial charge in [-0.25, -0.2) is 0 Å². The highest BCUT2D eigenvalue weighted by molar-refractivity contribution is 9.10. The molecule has 0 amide bonds. The molecule has 0 spiro atoms. The number of hydrogen-bond donors (Lipinski definition) is 1. The zero-order chi connectivity index (χ0) is 12.4. The minimum atomic E-state index is 0.583. The summed E-state index contributed by atoms with van der Waals surface area (Å²) in [5.41, 5.74) is 8.34. The highest BCUT2D eigenvalue weighted by Crippen LogP contribution is 2.30. The Morgan fingerprint density at radius 1 is 1.47 bits per heavy atom. The van der Waals surface area contributed by atoms with Gasteiger partial charge in [-0.15, -0.1) is 0 Å². The van der Waals surface area contributed by atoms with Gasteiger partial charge in [-0.3, -0.25) is 0 Å². The molecule has 2 rings (SSSR count). The molecule has 1 atom stereocenters. The van der Waals surface area contributed by atoms with Crippen molar-refractivity contribution in [3.05, 3.63) is 28.2 Å². The lowest BCUT2D eigenvalue weighted by Gasteiger charge is -2.24. The zero-order valence-electron chi connectivity index (χ0n) is 10.5. The first-order valence-electron chi connectivity index (χ1n) is 6.02. The predicted octanol–water partition coefficient (Wildman–Crippen LogP) is 2.05. The van der Waals surface area contributed by atoms with Gasteiger partial charge in [-0.2, -0.15) is 0 Å². The van der Waals surface area contributed by atoms with Crippen molar-refractivity contribution < 1.29 is 0 Å². The minimum Gasteiger partial charge on any atom is -0.370 e. The zero-order valence-corrected chi connectivity index (χ0v) is 12.1. The van der Waals surface area contributed by atoms with Crippen LogP contribution in [0.4, 0.5) is 5.69 Å².